The number of nitriles is 1. The summed E-state index contributed by atoms with van der Waals surface area (Å²) in [5, 5.41) is 9.09. The van der Waals surface area contributed by atoms with Crippen molar-refractivity contribution in [3.8, 4) is 6.07 Å². The molecule has 4 aliphatic rings. The van der Waals surface area contributed by atoms with Crippen molar-refractivity contribution in [2.75, 3.05) is 39.4 Å². The Morgan fingerprint density at radius 1 is 1.14 bits per heavy atom. The van der Waals surface area contributed by atoms with Crippen LogP contribution in [0.1, 0.15) is 37.7 Å². The predicted octanol–water partition coefficient (Wildman–Crippen LogP) is 2.87. The van der Waals surface area contributed by atoms with E-state index in [-0.39, 0.29) is 15.3 Å². The fraction of sp³-hybridized carbons (Fsp3) is 0.667. The van der Waals surface area contributed by atoms with Gasteiger partial charge in [-0.2, -0.15) is 9.57 Å². The molecule has 156 valence electrons. The zero-order valence-electron chi connectivity index (χ0n) is 16.4. The maximum Gasteiger partial charge on any atom is 0.244 e. The maximum absolute atomic E-state index is 13.1. The van der Waals surface area contributed by atoms with Gasteiger partial charge in [-0.3, -0.25) is 4.90 Å². The first-order chi connectivity index (χ1) is 13.8. The van der Waals surface area contributed by atoms with Gasteiger partial charge in [0.25, 0.3) is 0 Å². The third-order valence-electron chi connectivity index (χ3n) is 7.55. The Bertz CT molecular complexity index is 954. The van der Waals surface area contributed by atoms with Gasteiger partial charge in [-0.1, -0.05) is 11.6 Å². The number of likely N-dealkylation sites (tertiary alicyclic amines) is 1. The Morgan fingerprint density at radius 2 is 1.86 bits per heavy atom. The molecule has 3 heterocycles. The quantitative estimate of drug-likeness (QED) is 0.729. The van der Waals surface area contributed by atoms with Crippen LogP contribution in [0.2, 0.25) is 5.02 Å². The molecule has 3 aliphatic heterocycles. The number of hydrogen-bond acceptors (Lipinski definition) is 5. The highest BCUT2D eigenvalue weighted by Gasteiger charge is 2.53. The van der Waals surface area contributed by atoms with E-state index in [2.05, 4.69) is 4.90 Å². The van der Waals surface area contributed by atoms with Crippen molar-refractivity contribution < 1.29 is 13.2 Å². The van der Waals surface area contributed by atoms with Gasteiger partial charge in [0.1, 0.15) is 4.90 Å². The van der Waals surface area contributed by atoms with Gasteiger partial charge in [-0.25, -0.2) is 8.42 Å². The highest BCUT2D eigenvalue weighted by Crippen LogP contribution is 2.51. The van der Waals surface area contributed by atoms with E-state index in [0.29, 0.717) is 30.1 Å². The van der Waals surface area contributed by atoms with E-state index in [1.807, 2.05) is 6.07 Å². The van der Waals surface area contributed by atoms with Crippen molar-refractivity contribution in [1.82, 2.24) is 9.21 Å². The van der Waals surface area contributed by atoms with Gasteiger partial charge < -0.3 is 4.74 Å². The molecular formula is C21H26ClN3O3S. The number of piperidine rings is 1. The monoisotopic (exact) mass is 435 g/mol. The maximum atomic E-state index is 13.1. The molecule has 5 rings (SSSR count). The lowest BCUT2D eigenvalue weighted by Crippen LogP contribution is -2.67. The fourth-order valence-electron chi connectivity index (χ4n) is 5.71. The number of hydrogen-bond donors (Lipinski definition) is 0. The molecule has 8 heteroatoms. The van der Waals surface area contributed by atoms with Crippen LogP contribution in [0, 0.1) is 22.2 Å². The second-order valence-electron chi connectivity index (χ2n) is 9.46. The average molecular weight is 436 g/mol. The van der Waals surface area contributed by atoms with Crippen molar-refractivity contribution in [2.24, 2.45) is 10.8 Å². The lowest BCUT2D eigenvalue weighted by molar-refractivity contribution is -0.198. The summed E-state index contributed by atoms with van der Waals surface area (Å²) in [5.74, 6) is 0. The zero-order chi connectivity index (χ0) is 20.3. The van der Waals surface area contributed by atoms with Crippen LogP contribution < -0.4 is 0 Å². The van der Waals surface area contributed by atoms with Crippen molar-refractivity contribution >= 4 is 21.6 Å². The lowest BCUT2D eigenvalue weighted by atomic mass is 9.75. The summed E-state index contributed by atoms with van der Waals surface area (Å²) in [6, 6.07) is 7.03. The first-order valence-corrected chi connectivity index (χ1v) is 12.2. The number of halogens is 1. The lowest BCUT2D eigenvalue weighted by Gasteiger charge is -2.57. The summed E-state index contributed by atoms with van der Waals surface area (Å²) in [4.78, 5) is 2.73. The Kier molecular flexibility index (Phi) is 4.72. The number of nitrogens with zero attached hydrogens (tertiary/aromatic N) is 3. The first kappa shape index (κ1) is 19.8. The summed E-state index contributed by atoms with van der Waals surface area (Å²) in [6.07, 6.45) is 5.45. The SMILES string of the molecule is N#Cc1ccc(S(=O)(=O)N2CCC3(CCC(N4CC5(COC5)C4)C3)CC2)c(Cl)c1. The molecular weight excluding hydrogens is 410 g/mol. The molecule has 0 N–H and O–H groups in total. The molecule has 4 fully saturated rings. The largest absolute Gasteiger partial charge is 0.380 e. The highest BCUT2D eigenvalue weighted by atomic mass is 35.5. The third kappa shape index (κ3) is 3.30. The summed E-state index contributed by atoms with van der Waals surface area (Å²) < 4.78 is 33.1. The fourth-order valence-corrected chi connectivity index (χ4v) is 7.67. The predicted molar refractivity (Wildman–Crippen MR) is 109 cm³/mol. The first-order valence-electron chi connectivity index (χ1n) is 10.4. The summed E-state index contributed by atoms with van der Waals surface area (Å²) in [6.45, 7) is 5.28. The van der Waals surface area contributed by atoms with Crippen LogP contribution in [-0.4, -0.2) is 63.1 Å². The van der Waals surface area contributed by atoms with Gasteiger partial charge in [0.15, 0.2) is 0 Å². The van der Waals surface area contributed by atoms with Crippen LogP contribution in [0.3, 0.4) is 0 Å². The third-order valence-corrected chi connectivity index (χ3v) is 9.93. The van der Waals surface area contributed by atoms with Crippen LogP contribution >= 0.6 is 11.6 Å². The number of benzene rings is 1. The molecule has 1 aromatic rings. The zero-order valence-corrected chi connectivity index (χ0v) is 18.0. The van der Waals surface area contributed by atoms with E-state index in [0.717, 1.165) is 26.1 Å². The molecule has 1 atom stereocenters. The molecule has 1 unspecified atom stereocenters. The van der Waals surface area contributed by atoms with Crippen molar-refractivity contribution in [3.05, 3.63) is 28.8 Å². The van der Waals surface area contributed by atoms with Gasteiger partial charge in [0, 0.05) is 37.6 Å². The number of ether oxygens (including phenoxy) is 1. The van der Waals surface area contributed by atoms with E-state index in [4.69, 9.17) is 21.6 Å². The van der Waals surface area contributed by atoms with Crippen molar-refractivity contribution in [2.45, 2.75) is 43.0 Å². The number of sulfonamides is 1. The molecule has 0 bridgehead atoms. The van der Waals surface area contributed by atoms with Crippen molar-refractivity contribution in [3.63, 3.8) is 0 Å². The highest BCUT2D eigenvalue weighted by molar-refractivity contribution is 7.89. The van der Waals surface area contributed by atoms with Crippen LogP contribution in [-0.2, 0) is 14.8 Å². The summed E-state index contributed by atoms with van der Waals surface area (Å²) in [5.41, 5.74) is 1.10. The van der Waals surface area contributed by atoms with Gasteiger partial charge in [0.05, 0.1) is 29.9 Å². The number of rotatable bonds is 3. The molecule has 0 radical (unpaired) electrons. The Labute approximate surface area is 177 Å². The van der Waals surface area contributed by atoms with E-state index >= 15 is 0 Å². The second kappa shape index (κ2) is 6.93. The van der Waals surface area contributed by atoms with Gasteiger partial charge in [-0.05, 0) is 55.7 Å². The minimum absolute atomic E-state index is 0.104. The van der Waals surface area contributed by atoms with Gasteiger partial charge in [-0.15, -0.1) is 0 Å². The topological polar surface area (TPSA) is 73.6 Å². The van der Waals surface area contributed by atoms with Crippen LogP contribution in [0.4, 0.5) is 0 Å². The molecule has 0 aromatic heterocycles. The Balaban J connectivity index is 1.22. The molecule has 1 aliphatic carbocycles. The Morgan fingerprint density at radius 3 is 2.45 bits per heavy atom. The van der Waals surface area contributed by atoms with Gasteiger partial charge >= 0.3 is 0 Å². The minimum Gasteiger partial charge on any atom is -0.380 e. The molecule has 0 amide bonds. The van der Waals surface area contributed by atoms with Crippen LogP contribution in [0.25, 0.3) is 0 Å². The van der Waals surface area contributed by atoms with E-state index < -0.39 is 10.0 Å². The van der Waals surface area contributed by atoms with Crippen LogP contribution in [0.15, 0.2) is 23.1 Å². The minimum atomic E-state index is -3.63. The summed E-state index contributed by atoms with van der Waals surface area (Å²) in [7, 11) is -3.63. The molecule has 29 heavy (non-hydrogen) atoms. The van der Waals surface area contributed by atoms with E-state index in [9.17, 15) is 8.42 Å². The Hall–Kier alpha value is -1.17. The average Bonchev–Trinajstić information content (AvgIpc) is 3.02. The van der Waals surface area contributed by atoms with E-state index in [1.54, 1.807) is 4.31 Å². The molecule has 1 aromatic carbocycles. The van der Waals surface area contributed by atoms with E-state index in [1.165, 1.54) is 50.6 Å². The molecule has 3 saturated heterocycles. The second-order valence-corrected chi connectivity index (χ2v) is 11.8. The van der Waals surface area contributed by atoms with Gasteiger partial charge in [0.2, 0.25) is 10.0 Å². The normalized spacial score (nSPS) is 28.8. The standard InChI is InChI=1S/C21H26ClN3O3S/c22-18-9-16(11-23)1-2-19(18)29(26,27)25-7-5-20(6-8-25)4-3-17(10-20)24-12-21(13-24)14-28-15-21/h1-2,9,17H,3-8,10,12-15H2. The molecule has 6 nitrogen and oxygen atoms in total. The smallest absolute Gasteiger partial charge is 0.244 e. The molecule has 1 saturated carbocycles. The molecule has 2 spiro atoms. The summed E-state index contributed by atoms with van der Waals surface area (Å²) >= 11 is 6.18. The van der Waals surface area contributed by atoms with Crippen LogP contribution in [0.5, 0.6) is 0 Å². The van der Waals surface area contributed by atoms with Crippen molar-refractivity contribution in [1.29, 1.82) is 5.26 Å².